The van der Waals surface area contributed by atoms with Crippen LogP contribution in [0.5, 0.6) is 0 Å². The van der Waals surface area contributed by atoms with Crippen LogP contribution in [0.15, 0.2) is 60.7 Å². The van der Waals surface area contributed by atoms with Crippen LogP contribution >= 0.6 is 0 Å². The van der Waals surface area contributed by atoms with E-state index in [1.165, 1.54) is 29.8 Å². The topological polar surface area (TPSA) is 99.4 Å². The summed E-state index contributed by atoms with van der Waals surface area (Å²) in [5.74, 6) is -1.09. The molecular formula is C31H30N2O5. The van der Waals surface area contributed by atoms with E-state index in [4.69, 9.17) is 9.72 Å². The van der Waals surface area contributed by atoms with Gasteiger partial charge in [-0.1, -0.05) is 38.5 Å². The Bertz CT molecular complexity index is 1580. The molecule has 4 rings (SSSR count). The van der Waals surface area contributed by atoms with Gasteiger partial charge in [-0.3, -0.25) is 14.9 Å². The van der Waals surface area contributed by atoms with Gasteiger partial charge in [0.05, 0.1) is 21.7 Å². The number of fused-ring (bicyclic) bond motifs is 1. The minimum atomic E-state index is -0.638. The Morgan fingerprint density at radius 3 is 2.26 bits per heavy atom. The second-order valence-corrected chi connectivity index (χ2v) is 10.6. The summed E-state index contributed by atoms with van der Waals surface area (Å²) in [5, 5.41) is 11.5. The number of non-ortho nitro benzene ring substituents is 1. The number of carbonyl (C=O) groups excluding carboxylic acids is 2. The van der Waals surface area contributed by atoms with Crippen LogP contribution in [-0.4, -0.2) is 28.3 Å². The van der Waals surface area contributed by atoms with E-state index >= 15 is 0 Å². The van der Waals surface area contributed by atoms with Crippen molar-refractivity contribution in [3.8, 4) is 11.3 Å². The van der Waals surface area contributed by atoms with Crippen LogP contribution in [0.1, 0.15) is 63.7 Å². The predicted octanol–water partition coefficient (Wildman–Crippen LogP) is 7.07. The highest BCUT2D eigenvalue weighted by Crippen LogP contribution is 2.34. The number of hydrogen-bond acceptors (Lipinski definition) is 6. The maximum atomic E-state index is 13.3. The predicted molar refractivity (Wildman–Crippen MR) is 148 cm³/mol. The van der Waals surface area contributed by atoms with Crippen molar-refractivity contribution in [2.24, 2.45) is 0 Å². The molecule has 1 aromatic heterocycles. The fraction of sp³-hybridized carbons (Fsp3) is 0.258. The van der Waals surface area contributed by atoms with Gasteiger partial charge in [0.1, 0.15) is 0 Å². The molecule has 0 aliphatic rings. The number of nitro benzene ring substituents is 1. The number of aromatic nitrogens is 1. The molecule has 7 nitrogen and oxygen atoms in total. The number of ether oxygens (including phenoxy) is 1. The Morgan fingerprint density at radius 1 is 0.947 bits per heavy atom. The number of carbonyl (C=O) groups is 2. The smallest absolute Gasteiger partial charge is 0.339 e. The van der Waals surface area contributed by atoms with Gasteiger partial charge >= 0.3 is 5.97 Å². The molecule has 1 heterocycles. The Morgan fingerprint density at radius 2 is 1.63 bits per heavy atom. The molecule has 0 radical (unpaired) electrons. The number of ketones is 1. The lowest BCUT2D eigenvalue weighted by Gasteiger charge is -2.22. The molecule has 0 aliphatic heterocycles. The zero-order valence-electron chi connectivity index (χ0n) is 22.4. The minimum Gasteiger partial charge on any atom is -0.454 e. The fourth-order valence-electron chi connectivity index (χ4n) is 4.27. The zero-order valence-corrected chi connectivity index (χ0v) is 22.4. The second kappa shape index (κ2) is 10.2. The SMILES string of the molecule is Cc1ccc2nc(-c3cc(C(C)(C)C)cc(C)c3C)cc(C(=O)OCC(=O)c3ccc([N+](=O)[O-])cc3)c2c1. The molecule has 0 aliphatic carbocycles. The van der Waals surface area contributed by atoms with Gasteiger partial charge in [-0.05, 0) is 79.3 Å². The zero-order chi connectivity index (χ0) is 27.8. The lowest BCUT2D eigenvalue weighted by molar-refractivity contribution is -0.384. The third kappa shape index (κ3) is 5.47. The van der Waals surface area contributed by atoms with E-state index in [1.54, 1.807) is 6.07 Å². The minimum absolute atomic E-state index is 0.0683. The van der Waals surface area contributed by atoms with E-state index in [2.05, 4.69) is 39.8 Å². The van der Waals surface area contributed by atoms with Crippen molar-refractivity contribution in [1.29, 1.82) is 0 Å². The summed E-state index contributed by atoms with van der Waals surface area (Å²) in [4.78, 5) is 41.2. The molecule has 194 valence electrons. The summed E-state index contributed by atoms with van der Waals surface area (Å²) in [7, 11) is 0. The monoisotopic (exact) mass is 510 g/mol. The van der Waals surface area contributed by atoms with Gasteiger partial charge < -0.3 is 4.74 Å². The average molecular weight is 511 g/mol. The Labute approximate surface area is 221 Å². The van der Waals surface area contributed by atoms with Crippen molar-refractivity contribution in [2.45, 2.75) is 47.0 Å². The van der Waals surface area contributed by atoms with Gasteiger partial charge in [-0.25, -0.2) is 9.78 Å². The summed E-state index contributed by atoms with van der Waals surface area (Å²) >= 11 is 0. The van der Waals surface area contributed by atoms with Crippen molar-refractivity contribution in [3.05, 3.63) is 104 Å². The van der Waals surface area contributed by atoms with Gasteiger partial charge in [-0.15, -0.1) is 0 Å². The van der Waals surface area contributed by atoms with Gasteiger partial charge in [0, 0.05) is 28.6 Å². The standard InChI is InChI=1S/C31H30N2O5/c1-18-7-12-27-25(13-18)26(30(35)38-17-29(34)21-8-10-23(11-9-21)33(36)37)16-28(32-27)24-15-22(31(4,5)6)14-19(2)20(24)3/h7-16H,17H2,1-6H3. The van der Waals surface area contributed by atoms with E-state index in [9.17, 15) is 19.7 Å². The summed E-state index contributed by atoms with van der Waals surface area (Å²) < 4.78 is 5.44. The quantitative estimate of drug-likeness (QED) is 0.119. The lowest BCUT2D eigenvalue weighted by Crippen LogP contribution is -2.15. The number of nitrogens with zero attached hydrogens (tertiary/aromatic N) is 2. The van der Waals surface area contributed by atoms with Crippen LogP contribution in [0.4, 0.5) is 5.69 Å². The first-order chi connectivity index (χ1) is 17.8. The van der Waals surface area contributed by atoms with Crippen molar-refractivity contribution < 1.29 is 19.2 Å². The fourth-order valence-corrected chi connectivity index (χ4v) is 4.27. The van der Waals surface area contributed by atoms with Crippen LogP contribution < -0.4 is 0 Å². The highest BCUT2D eigenvalue weighted by molar-refractivity contribution is 6.06. The average Bonchev–Trinajstić information content (AvgIpc) is 2.87. The number of esters is 1. The van der Waals surface area contributed by atoms with Crippen LogP contribution in [-0.2, 0) is 10.2 Å². The van der Waals surface area contributed by atoms with Crippen molar-refractivity contribution >= 4 is 28.3 Å². The third-order valence-corrected chi connectivity index (χ3v) is 6.73. The normalized spacial score (nSPS) is 11.4. The van der Waals surface area contributed by atoms with E-state index in [1.807, 2.05) is 32.0 Å². The first kappa shape index (κ1) is 26.7. The Kier molecular flexibility index (Phi) is 7.14. The molecule has 38 heavy (non-hydrogen) atoms. The van der Waals surface area contributed by atoms with Gasteiger partial charge in [0.2, 0.25) is 0 Å². The first-order valence-corrected chi connectivity index (χ1v) is 12.3. The first-order valence-electron chi connectivity index (χ1n) is 12.3. The molecule has 7 heteroatoms. The van der Waals surface area contributed by atoms with E-state index in [-0.39, 0.29) is 16.7 Å². The van der Waals surface area contributed by atoms with Crippen molar-refractivity contribution in [3.63, 3.8) is 0 Å². The van der Waals surface area contributed by atoms with E-state index < -0.39 is 23.3 Å². The molecule has 0 atom stereocenters. The molecule has 3 aromatic carbocycles. The maximum Gasteiger partial charge on any atom is 0.339 e. The number of Topliss-reactive ketones (excluding diaryl/α,β-unsaturated/α-hetero) is 1. The number of aryl methyl sites for hydroxylation is 2. The summed E-state index contributed by atoms with van der Waals surface area (Å²) in [6.07, 6.45) is 0. The summed E-state index contributed by atoms with van der Waals surface area (Å²) in [5.41, 5.74) is 6.94. The van der Waals surface area contributed by atoms with Crippen LogP contribution in [0.25, 0.3) is 22.2 Å². The van der Waals surface area contributed by atoms with E-state index in [0.717, 1.165) is 22.3 Å². The van der Waals surface area contributed by atoms with Crippen LogP contribution in [0.3, 0.4) is 0 Å². The van der Waals surface area contributed by atoms with E-state index in [0.29, 0.717) is 22.2 Å². The maximum absolute atomic E-state index is 13.3. The van der Waals surface area contributed by atoms with Gasteiger partial charge in [-0.2, -0.15) is 0 Å². The molecule has 0 bridgehead atoms. The molecule has 0 amide bonds. The van der Waals surface area contributed by atoms with Crippen LogP contribution in [0.2, 0.25) is 0 Å². The molecule has 0 saturated carbocycles. The third-order valence-electron chi connectivity index (χ3n) is 6.73. The molecule has 0 N–H and O–H groups in total. The number of hydrogen-bond donors (Lipinski definition) is 0. The molecule has 0 spiro atoms. The summed E-state index contributed by atoms with van der Waals surface area (Å²) in [6.45, 7) is 12.0. The molecule has 0 fully saturated rings. The number of rotatable bonds is 6. The van der Waals surface area contributed by atoms with Crippen molar-refractivity contribution in [1.82, 2.24) is 4.98 Å². The molecule has 0 saturated heterocycles. The van der Waals surface area contributed by atoms with Crippen molar-refractivity contribution in [2.75, 3.05) is 6.61 Å². The largest absolute Gasteiger partial charge is 0.454 e. The highest BCUT2D eigenvalue weighted by atomic mass is 16.6. The lowest BCUT2D eigenvalue weighted by atomic mass is 9.83. The second-order valence-electron chi connectivity index (χ2n) is 10.6. The molecule has 4 aromatic rings. The molecule has 0 unspecified atom stereocenters. The number of nitro groups is 1. The van der Waals surface area contributed by atoms with Gasteiger partial charge in [0.25, 0.3) is 5.69 Å². The number of benzene rings is 3. The highest BCUT2D eigenvalue weighted by Gasteiger charge is 2.21. The molecular weight excluding hydrogens is 480 g/mol. The van der Waals surface area contributed by atoms with Gasteiger partial charge in [0.15, 0.2) is 12.4 Å². The van der Waals surface area contributed by atoms with Crippen LogP contribution in [0, 0.1) is 30.9 Å². The Hall–Kier alpha value is -4.39. The number of pyridine rings is 1. The summed E-state index contributed by atoms with van der Waals surface area (Å²) in [6, 6.07) is 16.9. The Balaban J connectivity index is 1.72.